The van der Waals surface area contributed by atoms with Crippen LogP contribution in [0, 0.1) is 5.92 Å². The van der Waals surface area contributed by atoms with Gasteiger partial charge in [0.1, 0.15) is 6.61 Å². The van der Waals surface area contributed by atoms with Crippen molar-refractivity contribution in [3.63, 3.8) is 0 Å². The Morgan fingerprint density at radius 3 is 2.75 bits per heavy atom. The lowest BCUT2D eigenvalue weighted by molar-refractivity contribution is -0.149. The van der Waals surface area contributed by atoms with E-state index in [9.17, 15) is 9.90 Å². The summed E-state index contributed by atoms with van der Waals surface area (Å²) in [6.07, 6.45) is 5.02. The van der Waals surface area contributed by atoms with Gasteiger partial charge in [0.25, 0.3) is 0 Å². The van der Waals surface area contributed by atoms with Crippen molar-refractivity contribution in [1.82, 2.24) is 0 Å². The smallest absolute Gasteiger partial charge is 0.311 e. The second kappa shape index (κ2) is 5.85. The molecule has 0 fully saturated rings. The highest BCUT2D eigenvalue weighted by Gasteiger charge is 2.24. The number of hydrogen-bond acceptors (Lipinski definition) is 3. The topological polar surface area (TPSA) is 46.5 Å². The zero-order valence-corrected chi connectivity index (χ0v) is 10.2. The SMILES string of the molecule is C/C1=C/COC(=O)[C@H](C)[C@@H](O)/C(C)=C/CC1. The number of rotatable bonds is 0. The van der Waals surface area contributed by atoms with Crippen molar-refractivity contribution in [2.24, 2.45) is 5.92 Å². The highest BCUT2D eigenvalue weighted by atomic mass is 16.5. The Morgan fingerprint density at radius 2 is 2.06 bits per heavy atom. The normalized spacial score (nSPS) is 35.1. The Bertz CT molecular complexity index is 315. The van der Waals surface area contributed by atoms with Crippen LogP contribution < -0.4 is 0 Å². The maximum atomic E-state index is 11.6. The van der Waals surface area contributed by atoms with E-state index in [0.29, 0.717) is 6.61 Å². The van der Waals surface area contributed by atoms with Gasteiger partial charge in [-0.3, -0.25) is 4.79 Å². The molecule has 1 aliphatic heterocycles. The molecule has 1 aliphatic rings. The van der Waals surface area contributed by atoms with Gasteiger partial charge in [-0.15, -0.1) is 0 Å². The lowest BCUT2D eigenvalue weighted by Gasteiger charge is -2.17. The largest absolute Gasteiger partial charge is 0.461 e. The van der Waals surface area contributed by atoms with E-state index in [4.69, 9.17) is 4.74 Å². The molecule has 3 nitrogen and oxygen atoms in total. The van der Waals surface area contributed by atoms with Gasteiger partial charge in [0, 0.05) is 0 Å². The maximum absolute atomic E-state index is 11.6. The number of allylic oxidation sites excluding steroid dienone is 2. The van der Waals surface area contributed by atoms with Gasteiger partial charge in [0.05, 0.1) is 12.0 Å². The van der Waals surface area contributed by atoms with Crippen LogP contribution in [-0.4, -0.2) is 23.8 Å². The van der Waals surface area contributed by atoms with Crippen molar-refractivity contribution in [3.05, 3.63) is 23.3 Å². The van der Waals surface area contributed by atoms with Crippen molar-refractivity contribution < 1.29 is 14.6 Å². The molecule has 0 unspecified atom stereocenters. The molecule has 1 heterocycles. The number of ether oxygens (including phenoxy) is 1. The average Bonchev–Trinajstić information content (AvgIpc) is 2.26. The zero-order valence-electron chi connectivity index (χ0n) is 10.2. The number of hydrogen-bond donors (Lipinski definition) is 1. The molecule has 3 heteroatoms. The van der Waals surface area contributed by atoms with E-state index >= 15 is 0 Å². The van der Waals surface area contributed by atoms with E-state index in [2.05, 4.69) is 0 Å². The zero-order chi connectivity index (χ0) is 12.1. The van der Waals surface area contributed by atoms with E-state index in [1.54, 1.807) is 6.92 Å². The summed E-state index contributed by atoms with van der Waals surface area (Å²) < 4.78 is 5.07. The predicted octanol–water partition coefficient (Wildman–Crippen LogP) is 2.21. The van der Waals surface area contributed by atoms with Crippen LogP contribution in [0.15, 0.2) is 23.3 Å². The van der Waals surface area contributed by atoms with Crippen LogP contribution >= 0.6 is 0 Å². The first-order valence-electron chi connectivity index (χ1n) is 5.69. The van der Waals surface area contributed by atoms with Crippen LogP contribution in [0.1, 0.15) is 33.6 Å². The molecule has 0 aromatic heterocycles. The van der Waals surface area contributed by atoms with Crippen molar-refractivity contribution in [2.75, 3.05) is 6.61 Å². The van der Waals surface area contributed by atoms with Crippen LogP contribution in [0.4, 0.5) is 0 Å². The van der Waals surface area contributed by atoms with Crippen molar-refractivity contribution in [1.29, 1.82) is 0 Å². The number of esters is 1. The first-order chi connectivity index (χ1) is 7.52. The van der Waals surface area contributed by atoms with E-state index in [-0.39, 0.29) is 5.97 Å². The van der Waals surface area contributed by atoms with E-state index in [1.165, 1.54) is 5.57 Å². The minimum atomic E-state index is -0.731. The molecular formula is C13H20O3. The third-order valence-electron chi connectivity index (χ3n) is 2.97. The lowest BCUT2D eigenvalue weighted by atomic mass is 9.97. The second-order valence-corrected chi connectivity index (χ2v) is 4.40. The third-order valence-corrected chi connectivity index (χ3v) is 2.97. The van der Waals surface area contributed by atoms with Crippen molar-refractivity contribution in [2.45, 2.75) is 39.7 Å². The van der Waals surface area contributed by atoms with Gasteiger partial charge in [0.2, 0.25) is 0 Å². The number of aliphatic hydroxyl groups excluding tert-OH is 1. The number of carbonyl (C=O) groups excluding carboxylic acids is 1. The van der Waals surface area contributed by atoms with Crippen LogP contribution in [0.25, 0.3) is 0 Å². The maximum Gasteiger partial charge on any atom is 0.311 e. The van der Waals surface area contributed by atoms with Gasteiger partial charge in [-0.1, -0.05) is 11.6 Å². The molecule has 0 aliphatic carbocycles. The molecule has 16 heavy (non-hydrogen) atoms. The molecule has 0 bridgehead atoms. The first kappa shape index (κ1) is 13.0. The number of aliphatic hydroxyl groups is 1. The average molecular weight is 224 g/mol. The Kier molecular flexibility index (Phi) is 4.74. The second-order valence-electron chi connectivity index (χ2n) is 4.40. The van der Waals surface area contributed by atoms with Gasteiger partial charge in [0.15, 0.2) is 0 Å². The van der Waals surface area contributed by atoms with Gasteiger partial charge >= 0.3 is 5.97 Å². The minimum Gasteiger partial charge on any atom is -0.461 e. The van der Waals surface area contributed by atoms with E-state index in [1.807, 2.05) is 26.0 Å². The van der Waals surface area contributed by atoms with Gasteiger partial charge in [-0.25, -0.2) is 0 Å². The molecule has 0 spiro atoms. The summed E-state index contributed by atoms with van der Waals surface area (Å²) in [6, 6.07) is 0. The quantitative estimate of drug-likeness (QED) is 0.507. The molecule has 2 atom stereocenters. The summed E-state index contributed by atoms with van der Waals surface area (Å²) in [5, 5.41) is 9.91. The molecule has 1 rings (SSSR count). The Labute approximate surface area is 96.8 Å². The van der Waals surface area contributed by atoms with Crippen molar-refractivity contribution >= 4 is 5.97 Å². The molecule has 0 radical (unpaired) electrons. The first-order valence-corrected chi connectivity index (χ1v) is 5.69. The molecule has 0 saturated heterocycles. The van der Waals surface area contributed by atoms with E-state index in [0.717, 1.165) is 18.4 Å². The monoisotopic (exact) mass is 224 g/mol. The summed E-state index contributed by atoms with van der Waals surface area (Å²) >= 11 is 0. The van der Waals surface area contributed by atoms with Gasteiger partial charge < -0.3 is 9.84 Å². The predicted molar refractivity (Wildman–Crippen MR) is 62.9 cm³/mol. The standard InChI is InChI=1S/C13H20O3/c1-9-5-4-6-10(2)12(14)11(3)13(15)16-8-7-9/h6-7,11-12,14H,4-5,8H2,1-3H3/b9-7-,10-6+/t11-,12+/m1/s1. The number of cyclic esters (lactones) is 1. The van der Waals surface area contributed by atoms with E-state index < -0.39 is 12.0 Å². The van der Waals surface area contributed by atoms with Crippen LogP contribution in [-0.2, 0) is 9.53 Å². The summed E-state index contributed by atoms with van der Waals surface area (Å²) in [7, 11) is 0. The summed E-state index contributed by atoms with van der Waals surface area (Å²) in [5.41, 5.74) is 2.06. The van der Waals surface area contributed by atoms with Crippen molar-refractivity contribution in [3.8, 4) is 0 Å². The Hall–Kier alpha value is -1.09. The summed E-state index contributed by atoms with van der Waals surface area (Å²) in [5.74, 6) is -0.839. The molecule has 0 amide bonds. The Morgan fingerprint density at radius 1 is 1.38 bits per heavy atom. The van der Waals surface area contributed by atoms with Gasteiger partial charge in [-0.05, 0) is 45.3 Å². The third kappa shape index (κ3) is 3.49. The number of carbonyl (C=O) groups is 1. The van der Waals surface area contributed by atoms with Crippen LogP contribution in [0.2, 0.25) is 0 Å². The summed E-state index contributed by atoms with van der Waals surface area (Å²) in [6.45, 7) is 5.87. The molecular weight excluding hydrogens is 204 g/mol. The van der Waals surface area contributed by atoms with Crippen LogP contribution in [0.3, 0.4) is 0 Å². The highest BCUT2D eigenvalue weighted by Crippen LogP contribution is 2.17. The van der Waals surface area contributed by atoms with Crippen LogP contribution in [0.5, 0.6) is 0 Å². The minimum absolute atomic E-state index is 0.306. The Balaban J connectivity index is 2.83. The fourth-order valence-corrected chi connectivity index (χ4v) is 1.67. The fraction of sp³-hybridized carbons (Fsp3) is 0.615. The lowest BCUT2D eigenvalue weighted by Crippen LogP contribution is -2.28. The summed E-state index contributed by atoms with van der Waals surface area (Å²) in [4.78, 5) is 11.6. The molecule has 1 N–H and O–H groups in total. The molecule has 0 saturated carbocycles. The van der Waals surface area contributed by atoms with Gasteiger partial charge in [-0.2, -0.15) is 0 Å². The highest BCUT2D eigenvalue weighted by molar-refractivity contribution is 5.73. The molecule has 0 aromatic carbocycles. The molecule has 90 valence electrons. The molecule has 0 aromatic rings. The fourth-order valence-electron chi connectivity index (χ4n) is 1.67.